The van der Waals surface area contributed by atoms with E-state index in [9.17, 15) is 5.11 Å². The van der Waals surface area contributed by atoms with Crippen LogP contribution in [-0.4, -0.2) is 15.3 Å². The Morgan fingerprint density at radius 1 is 1.19 bits per heavy atom. The third kappa shape index (κ3) is 1.78. The number of aromatic hydroxyl groups is 1. The van der Waals surface area contributed by atoms with Crippen molar-refractivity contribution in [3.05, 3.63) is 24.3 Å². The number of hydrogen-bond donors (Lipinski definition) is 4. The number of aromatic nitrogens is 2. The van der Waals surface area contributed by atoms with Gasteiger partial charge in [-0.2, -0.15) is 5.10 Å². The van der Waals surface area contributed by atoms with Crippen LogP contribution in [-0.2, 0) is 0 Å². The minimum atomic E-state index is 0.0342. The first-order valence-electron chi connectivity index (χ1n) is 4.47. The van der Waals surface area contributed by atoms with E-state index in [4.69, 9.17) is 11.5 Å². The van der Waals surface area contributed by atoms with Crippen LogP contribution in [0.25, 0.3) is 0 Å². The molecule has 0 atom stereocenters. The maximum atomic E-state index is 9.44. The maximum absolute atomic E-state index is 9.44. The SMILES string of the molecule is Nc1n[nH]c(N)c1/N=N/c1ccccc1O. The fourth-order valence-corrected chi connectivity index (χ4v) is 1.12. The third-order valence-corrected chi connectivity index (χ3v) is 1.93. The van der Waals surface area contributed by atoms with Gasteiger partial charge in [0.15, 0.2) is 11.5 Å². The van der Waals surface area contributed by atoms with Crippen molar-refractivity contribution in [3.63, 3.8) is 0 Å². The lowest BCUT2D eigenvalue weighted by Crippen LogP contribution is -1.84. The number of azo groups is 1. The molecule has 1 aromatic heterocycles. The van der Waals surface area contributed by atoms with E-state index in [0.29, 0.717) is 5.69 Å². The normalized spacial score (nSPS) is 11.0. The Bertz CT molecular complexity index is 513. The molecule has 16 heavy (non-hydrogen) atoms. The summed E-state index contributed by atoms with van der Waals surface area (Å²) in [5.41, 5.74) is 11.6. The average Bonchev–Trinajstić information content (AvgIpc) is 2.58. The topological polar surface area (TPSA) is 126 Å². The lowest BCUT2D eigenvalue weighted by atomic mass is 10.3. The lowest BCUT2D eigenvalue weighted by molar-refractivity contribution is 0.476. The van der Waals surface area contributed by atoms with Crippen molar-refractivity contribution in [3.8, 4) is 5.75 Å². The summed E-state index contributed by atoms with van der Waals surface area (Å²) in [5, 5.41) is 23.2. The first kappa shape index (κ1) is 9.97. The zero-order chi connectivity index (χ0) is 11.5. The quantitative estimate of drug-likeness (QED) is 0.572. The molecule has 0 bridgehead atoms. The van der Waals surface area contributed by atoms with Gasteiger partial charge in [-0.15, -0.1) is 10.2 Å². The van der Waals surface area contributed by atoms with Gasteiger partial charge >= 0.3 is 0 Å². The van der Waals surface area contributed by atoms with Crippen LogP contribution < -0.4 is 11.5 Å². The second-order valence-corrected chi connectivity index (χ2v) is 3.06. The van der Waals surface area contributed by atoms with Gasteiger partial charge in [0.1, 0.15) is 17.3 Å². The number of aromatic amines is 1. The molecule has 0 fully saturated rings. The second kappa shape index (κ2) is 3.89. The summed E-state index contributed by atoms with van der Waals surface area (Å²) < 4.78 is 0. The van der Waals surface area contributed by atoms with Crippen molar-refractivity contribution in [2.24, 2.45) is 10.2 Å². The highest BCUT2D eigenvalue weighted by atomic mass is 16.3. The minimum absolute atomic E-state index is 0.0342. The van der Waals surface area contributed by atoms with Crippen LogP contribution in [0.1, 0.15) is 0 Å². The molecule has 1 heterocycles. The van der Waals surface area contributed by atoms with Crippen molar-refractivity contribution in [1.82, 2.24) is 10.2 Å². The van der Waals surface area contributed by atoms with E-state index < -0.39 is 0 Å². The number of hydrogen-bond acceptors (Lipinski definition) is 6. The molecular weight excluding hydrogens is 208 g/mol. The number of nitrogen functional groups attached to an aromatic ring is 2. The third-order valence-electron chi connectivity index (χ3n) is 1.93. The Balaban J connectivity index is 2.32. The van der Waals surface area contributed by atoms with E-state index in [0.717, 1.165) is 0 Å². The standard InChI is InChI=1S/C9H10N6O/c10-8-7(9(11)15-14-8)13-12-5-3-1-2-4-6(5)16/h1-4,16H,(H5,10,11,14,15)/b13-12+. The summed E-state index contributed by atoms with van der Waals surface area (Å²) in [6, 6.07) is 6.55. The monoisotopic (exact) mass is 218 g/mol. The predicted octanol–water partition coefficient (Wildman–Crippen LogP) is 1.70. The molecule has 0 aliphatic heterocycles. The zero-order valence-corrected chi connectivity index (χ0v) is 8.25. The molecule has 1 aromatic carbocycles. The molecule has 2 rings (SSSR count). The van der Waals surface area contributed by atoms with Crippen LogP contribution in [0.4, 0.5) is 23.0 Å². The molecule has 0 unspecified atom stereocenters. The van der Waals surface area contributed by atoms with E-state index >= 15 is 0 Å². The zero-order valence-electron chi connectivity index (χ0n) is 8.25. The summed E-state index contributed by atoms with van der Waals surface area (Å²) in [6.45, 7) is 0. The molecule has 0 aliphatic rings. The summed E-state index contributed by atoms with van der Waals surface area (Å²) in [5.74, 6) is 0.431. The highest BCUT2D eigenvalue weighted by Gasteiger charge is 2.06. The Hall–Kier alpha value is -2.57. The number of phenols is 1. The van der Waals surface area contributed by atoms with E-state index in [2.05, 4.69) is 20.4 Å². The number of nitrogens with two attached hydrogens (primary N) is 2. The second-order valence-electron chi connectivity index (χ2n) is 3.06. The molecule has 0 amide bonds. The van der Waals surface area contributed by atoms with Crippen LogP contribution >= 0.6 is 0 Å². The first-order valence-corrected chi connectivity index (χ1v) is 4.47. The summed E-state index contributed by atoms with van der Waals surface area (Å²) in [4.78, 5) is 0. The number of benzene rings is 1. The number of nitrogens with zero attached hydrogens (tertiary/aromatic N) is 3. The fraction of sp³-hybridized carbons (Fsp3) is 0. The lowest BCUT2D eigenvalue weighted by Gasteiger charge is -1.95. The fourth-order valence-electron chi connectivity index (χ4n) is 1.12. The number of para-hydroxylation sites is 1. The van der Waals surface area contributed by atoms with Crippen LogP contribution in [0.3, 0.4) is 0 Å². The van der Waals surface area contributed by atoms with Crippen LogP contribution in [0.2, 0.25) is 0 Å². The molecular formula is C9H10N6O. The first-order chi connectivity index (χ1) is 7.68. The highest BCUT2D eigenvalue weighted by molar-refractivity contribution is 5.70. The average molecular weight is 218 g/mol. The molecule has 0 aliphatic carbocycles. The van der Waals surface area contributed by atoms with E-state index in [1.165, 1.54) is 6.07 Å². The smallest absolute Gasteiger partial charge is 0.175 e. The van der Waals surface area contributed by atoms with E-state index in [1.54, 1.807) is 18.2 Å². The van der Waals surface area contributed by atoms with Crippen LogP contribution in [0.15, 0.2) is 34.5 Å². The van der Waals surface area contributed by atoms with Gasteiger partial charge in [-0.3, -0.25) is 5.10 Å². The minimum Gasteiger partial charge on any atom is -0.506 e. The Morgan fingerprint density at radius 3 is 2.56 bits per heavy atom. The summed E-state index contributed by atoms with van der Waals surface area (Å²) >= 11 is 0. The van der Waals surface area contributed by atoms with Crippen LogP contribution in [0, 0.1) is 0 Å². The van der Waals surface area contributed by atoms with Gasteiger partial charge in [0, 0.05) is 0 Å². The Morgan fingerprint density at radius 2 is 1.94 bits per heavy atom. The Kier molecular flexibility index (Phi) is 2.42. The van der Waals surface area contributed by atoms with E-state index in [-0.39, 0.29) is 23.1 Å². The van der Waals surface area contributed by atoms with Crippen molar-refractivity contribution in [2.75, 3.05) is 11.5 Å². The molecule has 7 heteroatoms. The highest BCUT2D eigenvalue weighted by Crippen LogP contribution is 2.31. The predicted molar refractivity (Wildman–Crippen MR) is 59.7 cm³/mol. The molecule has 82 valence electrons. The molecule has 6 N–H and O–H groups in total. The molecule has 2 aromatic rings. The summed E-state index contributed by atoms with van der Waals surface area (Å²) in [7, 11) is 0. The number of rotatable bonds is 2. The van der Waals surface area contributed by atoms with Crippen LogP contribution in [0.5, 0.6) is 5.75 Å². The number of nitrogens with one attached hydrogen (secondary N) is 1. The van der Waals surface area contributed by atoms with Crippen molar-refractivity contribution >= 4 is 23.0 Å². The molecule has 0 saturated heterocycles. The van der Waals surface area contributed by atoms with Crippen molar-refractivity contribution in [1.29, 1.82) is 0 Å². The van der Waals surface area contributed by atoms with Gasteiger partial charge in [-0.25, -0.2) is 0 Å². The Labute approximate surface area is 90.8 Å². The molecule has 0 saturated carbocycles. The van der Waals surface area contributed by atoms with Crippen molar-refractivity contribution < 1.29 is 5.11 Å². The van der Waals surface area contributed by atoms with Crippen molar-refractivity contribution in [2.45, 2.75) is 0 Å². The number of phenolic OH excluding ortho intramolecular Hbond substituents is 1. The van der Waals surface area contributed by atoms with Gasteiger partial charge in [0.05, 0.1) is 0 Å². The van der Waals surface area contributed by atoms with Gasteiger partial charge in [0.2, 0.25) is 0 Å². The molecule has 7 nitrogen and oxygen atoms in total. The maximum Gasteiger partial charge on any atom is 0.175 e. The largest absolute Gasteiger partial charge is 0.506 e. The van der Waals surface area contributed by atoms with E-state index in [1.807, 2.05) is 0 Å². The van der Waals surface area contributed by atoms with Gasteiger partial charge < -0.3 is 16.6 Å². The van der Waals surface area contributed by atoms with Gasteiger partial charge in [-0.05, 0) is 12.1 Å². The molecule has 0 radical (unpaired) electrons. The van der Waals surface area contributed by atoms with Gasteiger partial charge in [-0.1, -0.05) is 12.1 Å². The molecule has 0 spiro atoms. The van der Waals surface area contributed by atoms with Gasteiger partial charge in [0.25, 0.3) is 0 Å². The number of H-pyrrole nitrogens is 1. The summed E-state index contributed by atoms with van der Waals surface area (Å²) in [6.07, 6.45) is 0. The number of anilines is 2.